The van der Waals surface area contributed by atoms with Gasteiger partial charge in [-0.3, -0.25) is 30.3 Å². The normalized spacial score (nSPS) is 10.3. The average molecular weight is 372 g/mol. The van der Waals surface area contributed by atoms with Crippen LogP contribution in [0.3, 0.4) is 0 Å². The van der Waals surface area contributed by atoms with Gasteiger partial charge in [-0.2, -0.15) is 0 Å². The number of amides is 1. The second-order valence-electron chi connectivity index (χ2n) is 4.93. The highest BCUT2D eigenvalue weighted by molar-refractivity contribution is 7.80. The van der Waals surface area contributed by atoms with Crippen molar-refractivity contribution in [2.24, 2.45) is 0 Å². The molecule has 0 aliphatic heterocycles. The Balaban J connectivity index is 1.92. The molecule has 0 fully saturated rings. The van der Waals surface area contributed by atoms with Crippen molar-refractivity contribution in [2.45, 2.75) is 0 Å². The molecule has 2 aromatic carbocycles. The number of anilines is 1. The summed E-state index contributed by atoms with van der Waals surface area (Å²) in [6.45, 7) is 0. The first-order valence-corrected chi connectivity index (χ1v) is 7.55. The summed E-state index contributed by atoms with van der Waals surface area (Å²) in [5.41, 5.74) is 0.809. The van der Waals surface area contributed by atoms with Crippen LogP contribution >= 0.6 is 12.2 Å². The van der Waals surface area contributed by atoms with E-state index in [1.165, 1.54) is 54.6 Å². The Labute approximate surface area is 152 Å². The van der Waals surface area contributed by atoms with Crippen LogP contribution in [0.4, 0.5) is 17.1 Å². The molecule has 0 bridgehead atoms. The Bertz CT molecular complexity index is 896. The first-order chi connectivity index (χ1) is 12.3. The van der Waals surface area contributed by atoms with Crippen LogP contribution in [0, 0.1) is 20.2 Å². The number of nitro benzene ring substituents is 2. The zero-order valence-electron chi connectivity index (χ0n) is 13.1. The lowest BCUT2D eigenvalue weighted by molar-refractivity contribution is -0.385. The maximum atomic E-state index is 11.8. The van der Waals surface area contributed by atoms with Gasteiger partial charge in [-0.05, 0) is 42.1 Å². The van der Waals surface area contributed by atoms with Crippen molar-refractivity contribution in [3.63, 3.8) is 0 Å². The molecule has 9 nitrogen and oxygen atoms in total. The molecule has 0 saturated carbocycles. The Morgan fingerprint density at radius 2 is 1.65 bits per heavy atom. The Morgan fingerprint density at radius 3 is 2.27 bits per heavy atom. The van der Waals surface area contributed by atoms with E-state index in [9.17, 15) is 25.0 Å². The molecule has 0 aromatic heterocycles. The van der Waals surface area contributed by atoms with Gasteiger partial charge < -0.3 is 5.32 Å². The summed E-state index contributed by atoms with van der Waals surface area (Å²) in [4.78, 5) is 32.1. The van der Waals surface area contributed by atoms with Gasteiger partial charge in [0.25, 0.3) is 11.4 Å². The van der Waals surface area contributed by atoms with Crippen LogP contribution in [-0.2, 0) is 4.79 Å². The van der Waals surface area contributed by atoms with E-state index < -0.39 is 15.8 Å². The number of thiocarbonyl (C=S) groups is 1. The van der Waals surface area contributed by atoms with Gasteiger partial charge >= 0.3 is 0 Å². The van der Waals surface area contributed by atoms with Gasteiger partial charge in [0.1, 0.15) is 0 Å². The fourth-order valence-electron chi connectivity index (χ4n) is 1.89. The first kappa shape index (κ1) is 18.7. The van der Waals surface area contributed by atoms with E-state index in [1.54, 1.807) is 6.07 Å². The van der Waals surface area contributed by atoms with E-state index in [-0.39, 0.29) is 16.5 Å². The predicted molar refractivity (Wildman–Crippen MR) is 99.6 cm³/mol. The van der Waals surface area contributed by atoms with Crippen LogP contribution in [0.5, 0.6) is 0 Å². The van der Waals surface area contributed by atoms with E-state index >= 15 is 0 Å². The van der Waals surface area contributed by atoms with E-state index in [2.05, 4.69) is 10.6 Å². The molecule has 2 aromatic rings. The molecular weight excluding hydrogens is 360 g/mol. The zero-order chi connectivity index (χ0) is 19.1. The molecule has 0 saturated heterocycles. The molecule has 0 atom stereocenters. The van der Waals surface area contributed by atoms with Crippen LogP contribution < -0.4 is 10.6 Å². The van der Waals surface area contributed by atoms with Gasteiger partial charge in [0, 0.05) is 36.0 Å². The number of benzene rings is 2. The van der Waals surface area contributed by atoms with E-state index in [4.69, 9.17) is 12.2 Å². The monoisotopic (exact) mass is 372 g/mol. The van der Waals surface area contributed by atoms with Crippen LogP contribution in [0.15, 0.2) is 54.6 Å². The molecule has 10 heteroatoms. The fourth-order valence-corrected chi connectivity index (χ4v) is 2.11. The molecule has 0 aliphatic rings. The number of nitrogens with zero attached hydrogens (tertiary/aromatic N) is 2. The van der Waals surface area contributed by atoms with Gasteiger partial charge in [-0.25, -0.2) is 0 Å². The molecule has 2 rings (SSSR count). The number of nitro groups is 2. The molecule has 0 heterocycles. The number of non-ortho nitro benzene ring substituents is 2. The van der Waals surface area contributed by atoms with Gasteiger partial charge in [0.05, 0.1) is 9.85 Å². The number of hydrogen-bond donors (Lipinski definition) is 2. The maximum Gasteiger partial charge on any atom is 0.271 e. The smallest absolute Gasteiger partial charge is 0.271 e. The third-order valence-corrected chi connectivity index (χ3v) is 3.29. The zero-order valence-corrected chi connectivity index (χ0v) is 13.9. The largest absolute Gasteiger partial charge is 0.332 e. The predicted octanol–water partition coefficient (Wildman–Crippen LogP) is 3.03. The summed E-state index contributed by atoms with van der Waals surface area (Å²) < 4.78 is 0. The number of nitrogens with one attached hydrogen (secondary N) is 2. The first-order valence-electron chi connectivity index (χ1n) is 7.14. The summed E-state index contributed by atoms with van der Waals surface area (Å²) in [5, 5.41) is 26.3. The van der Waals surface area contributed by atoms with Crippen LogP contribution in [-0.4, -0.2) is 20.9 Å². The molecule has 132 valence electrons. The van der Waals surface area contributed by atoms with Crippen molar-refractivity contribution in [1.29, 1.82) is 0 Å². The fraction of sp³-hybridized carbons (Fsp3) is 0. The Morgan fingerprint density at radius 1 is 1.00 bits per heavy atom. The molecule has 1 amide bonds. The van der Waals surface area contributed by atoms with E-state index in [0.29, 0.717) is 11.3 Å². The van der Waals surface area contributed by atoms with Crippen LogP contribution in [0.1, 0.15) is 5.56 Å². The molecule has 0 spiro atoms. The van der Waals surface area contributed by atoms with Crippen molar-refractivity contribution in [3.05, 3.63) is 80.4 Å². The minimum Gasteiger partial charge on any atom is -0.332 e. The number of hydrogen-bond acceptors (Lipinski definition) is 6. The maximum absolute atomic E-state index is 11.8. The van der Waals surface area contributed by atoms with Gasteiger partial charge in [0.2, 0.25) is 5.91 Å². The molecule has 0 unspecified atom stereocenters. The quantitative estimate of drug-likeness (QED) is 0.357. The third-order valence-electron chi connectivity index (χ3n) is 3.08. The minimum atomic E-state index is -0.542. The number of carbonyl (C=O) groups is 1. The lowest BCUT2D eigenvalue weighted by Crippen LogP contribution is -2.32. The Kier molecular flexibility index (Phi) is 6.06. The summed E-state index contributed by atoms with van der Waals surface area (Å²) in [5.74, 6) is -0.522. The lowest BCUT2D eigenvalue weighted by atomic mass is 10.2. The van der Waals surface area contributed by atoms with Gasteiger partial charge in [-0.15, -0.1) is 0 Å². The van der Waals surface area contributed by atoms with E-state index in [1.807, 2.05) is 0 Å². The topological polar surface area (TPSA) is 127 Å². The van der Waals surface area contributed by atoms with Crippen molar-refractivity contribution in [2.75, 3.05) is 5.32 Å². The summed E-state index contributed by atoms with van der Waals surface area (Å²) in [6.07, 6.45) is 2.68. The van der Waals surface area contributed by atoms with Crippen LogP contribution in [0.2, 0.25) is 0 Å². The molecule has 26 heavy (non-hydrogen) atoms. The highest BCUT2D eigenvalue weighted by Gasteiger charge is 2.07. The second-order valence-corrected chi connectivity index (χ2v) is 5.34. The number of carbonyl (C=O) groups excluding carboxylic acids is 1. The highest BCUT2D eigenvalue weighted by atomic mass is 32.1. The number of rotatable bonds is 5. The summed E-state index contributed by atoms with van der Waals surface area (Å²) in [7, 11) is 0. The second kappa shape index (κ2) is 8.44. The minimum absolute atomic E-state index is 0.0242. The molecular formula is C16H12N4O5S. The SMILES string of the molecule is O=C(/C=C/c1ccc([N+](=O)[O-])cc1)NC(=S)Nc1cccc([N+](=O)[O-])c1. The summed E-state index contributed by atoms with van der Waals surface area (Å²) >= 11 is 4.98. The standard InChI is InChI=1S/C16H12N4O5S/c21-15(9-6-11-4-7-13(8-5-11)19(22)23)18-16(26)17-12-2-1-3-14(10-12)20(24)25/h1-10H,(H2,17,18,21,26)/b9-6+. The van der Waals surface area contributed by atoms with Crippen molar-refractivity contribution in [1.82, 2.24) is 5.32 Å². The lowest BCUT2D eigenvalue weighted by Gasteiger charge is -2.07. The van der Waals surface area contributed by atoms with Gasteiger partial charge in [-0.1, -0.05) is 6.07 Å². The Hall–Kier alpha value is -3.66. The molecule has 0 radical (unpaired) electrons. The average Bonchev–Trinajstić information content (AvgIpc) is 2.60. The summed E-state index contributed by atoms with van der Waals surface area (Å²) in [6, 6.07) is 11.3. The van der Waals surface area contributed by atoms with Crippen molar-refractivity contribution >= 4 is 46.4 Å². The van der Waals surface area contributed by atoms with E-state index in [0.717, 1.165) is 0 Å². The highest BCUT2D eigenvalue weighted by Crippen LogP contribution is 2.17. The molecule has 2 N–H and O–H groups in total. The third kappa shape index (κ3) is 5.46. The van der Waals surface area contributed by atoms with Gasteiger partial charge in [0.15, 0.2) is 5.11 Å². The molecule has 0 aliphatic carbocycles. The van der Waals surface area contributed by atoms with Crippen molar-refractivity contribution in [3.8, 4) is 0 Å². The van der Waals surface area contributed by atoms with Crippen molar-refractivity contribution < 1.29 is 14.6 Å². The van der Waals surface area contributed by atoms with Crippen LogP contribution in [0.25, 0.3) is 6.08 Å².